The molecule has 2 heterocycles. The zero-order valence-corrected chi connectivity index (χ0v) is 15.8. The zero-order valence-electron chi connectivity index (χ0n) is 13.4. The Morgan fingerprint density at radius 1 is 1.08 bits per heavy atom. The number of aliphatic imine (C=N–C) groups is 2. The third-order valence-electron chi connectivity index (χ3n) is 4.14. The SMILES string of the molecule is CSC1=C2N=C(c3ccc(Br)cc3)N=C2[N+]([O-])(c2ccccc2)CN1. The lowest BCUT2D eigenvalue weighted by Crippen LogP contribution is -2.57. The van der Waals surface area contributed by atoms with E-state index in [0.29, 0.717) is 23.1 Å². The summed E-state index contributed by atoms with van der Waals surface area (Å²) in [6, 6.07) is 17.1. The molecule has 126 valence electrons. The highest BCUT2D eigenvalue weighted by molar-refractivity contribution is 9.10. The Hall–Kier alpha value is -1.93. The molecule has 1 N–H and O–H groups in total. The Labute approximate surface area is 158 Å². The summed E-state index contributed by atoms with van der Waals surface area (Å²) < 4.78 is 0.327. The van der Waals surface area contributed by atoms with Crippen molar-refractivity contribution in [2.75, 3.05) is 12.9 Å². The molecular weight excluding hydrogens is 400 g/mol. The highest BCUT2D eigenvalue weighted by Gasteiger charge is 2.40. The van der Waals surface area contributed by atoms with Gasteiger partial charge in [-0.05, 0) is 30.5 Å². The van der Waals surface area contributed by atoms with Crippen molar-refractivity contribution in [1.29, 1.82) is 0 Å². The largest absolute Gasteiger partial charge is 0.619 e. The second-order valence-corrected chi connectivity index (χ2v) is 7.40. The van der Waals surface area contributed by atoms with Gasteiger partial charge < -0.3 is 10.5 Å². The van der Waals surface area contributed by atoms with E-state index in [4.69, 9.17) is 0 Å². The fraction of sp³-hybridized carbons (Fsp3) is 0.111. The van der Waals surface area contributed by atoms with Gasteiger partial charge in [0.05, 0.1) is 0 Å². The van der Waals surface area contributed by atoms with Gasteiger partial charge in [0.2, 0.25) is 0 Å². The van der Waals surface area contributed by atoms with Crippen molar-refractivity contribution >= 4 is 45.1 Å². The number of para-hydroxylation sites is 1. The van der Waals surface area contributed by atoms with Crippen LogP contribution in [-0.2, 0) is 0 Å². The van der Waals surface area contributed by atoms with Crippen LogP contribution < -0.4 is 9.96 Å². The number of nitrogens with zero attached hydrogens (tertiary/aromatic N) is 3. The predicted octanol–water partition coefficient (Wildman–Crippen LogP) is 4.21. The van der Waals surface area contributed by atoms with Crippen molar-refractivity contribution in [3.63, 3.8) is 0 Å². The quantitative estimate of drug-likeness (QED) is 0.604. The summed E-state index contributed by atoms with van der Waals surface area (Å²) >= 11 is 4.98. The lowest BCUT2D eigenvalue weighted by atomic mass is 10.2. The summed E-state index contributed by atoms with van der Waals surface area (Å²) in [6.45, 7) is 0.200. The number of hydrogen-bond acceptors (Lipinski definition) is 5. The number of fused-ring (bicyclic) bond motifs is 1. The van der Waals surface area contributed by atoms with Crippen molar-refractivity contribution in [2.45, 2.75) is 0 Å². The normalized spacial score (nSPS) is 22.2. The van der Waals surface area contributed by atoms with Crippen molar-refractivity contribution < 1.29 is 0 Å². The molecule has 2 aromatic carbocycles. The van der Waals surface area contributed by atoms with Crippen LogP contribution in [0.5, 0.6) is 0 Å². The number of thioether (sulfide) groups is 1. The van der Waals surface area contributed by atoms with Gasteiger partial charge in [0.25, 0.3) is 5.84 Å². The standard InChI is InChI=1S/C18H15BrN4OS/c1-25-18-15-17(22-16(21-15)12-7-9-13(19)10-8-12)23(24,11-20-18)14-5-3-2-4-6-14/h2-10,20H,11H2,1H3. The Morgan fingerprint density at radius 2 is 1.80 bits per heavy atom. The van der Waals surface area contributed by atoms with Gasteiger partial charge in [0.15, 0.2) is 18.2 Å². The molecular formula is C18H15BrN4OS. The highest BCUT2D eigenvalue weighted by Crippen LogP contribution is 2.35. The Balaban J connectivity index is 1.84. The Morgan fingerprint density at radius 3 is 2.48 bits per heavy atom. The minimum Gasteiger partial charge on any atom is -0.619 e. The van der Waals surface area contributed by atoms with Crippen LogP contribution in [0.2, 0.25) is 0 Å². The molecule has 0 aliphatic carbocycles. The number of hydroxylamine groups is 2. The van der Waals surface area contributed by atoms with Crippen molar-refractivity contribution in [1.82, 2.24) is 9.96 Å². The molecule has 1 unspecified atom stereocenters. The smallest absolute Gasteiger partial charge is 0.265 e. The average molecular weight is 415 g/mol. The topological polar surface area (TPSA) is 59.8 Å². The molecule has 2 aliphatic heterocycles. The van der Waals surface area contributed by atoms with E-state index < -0.39 is 4.65 Å². The van der Waals surface area contributed by atoms with E-state index in [-0.39, 0.29) is 6.67 Å². The molecule has 25 heavy (non-hydrogen) atoms. The van der Waals surface area contributed by atoms with E-state index in [1.165, 1.54) is 0 Å². The monoisotopic (exact) mass is 414 g/mol. The zero-order chi connectivity index (χ0) is 17.4. The lowest BCUT2D eigenvalue weighted by Gasteiger charge is -2.43. The summed E-state index contributed by atoms with van der Waals surface area (Å²) in [7, 11) is 0. The highest BCUT2D eigenvalue weighted by atomic mass is 79.9. The molecule has 0 saturated carbocycles. The number of amidine groups is 2. The van der Waals surface area contributed by atoms with Crippen LogP contribution in [-0.4, -0.2) is 24.6 Å². The number of hydrogen-bond donors (Lipinski definition) is 1. The molecule has 1 atom stereocenters. The maximum absolute atomic E-state index is 13.6. The van der Waals surface area contributed by atoms with Crippen LogP contribution >= 0.6 is 27.7 Å². The van der Waals surface area contributed by atoms with Crippen LogP contribution in [0.25, 0.3) is 0 Å². The number of quaternary nitrogens is 1. The molecule has 7 heteroatoms. The maximum Gasteiger partial charge on any atom is 0.265 e. The van der Waals surface area contributed by atoms with E-state index in [9.17, 15) is 5.21 Å². The summed E-state index contributed by atoms with van der Waals surface area (Å²) in [5.74, 6) is 1.01. The summed E-state index contributed by atoms with van der Waals surface area (Å²) in [4.78, 5) is 9.30. The molecule has 4 rings (SSSR count). The van der Waals surface area contributed by atoms with Crippen LogP contribution in [0.1, 0.15) is 5.56 Å². The third-order valence-corrected chi connectivity index (χ3v) is 5.42. The van der Waals surface area contributed by atoms with Crippen molar-refractivity contribution in [2.24, 2.45) is 9.98 Å². The second kappa shape index (κ2) is 6.42. The predicted molar refractivity (Wildman–Crippen MR) is 108 cm³/mol. The molecule has 0 amide bonds. The molecule has 0 aromatic heterocycles. The van der Waals surface area contributed by atoms with E-state index in [0.717, 1.165) is 15.1 Å². The van der Waals surface area contributed by atoms with E-state index >= 15 is 0 Å². The number of halogens is 1. The van der Waals surface area contributed by atoms with E-state index in [1.54, 1.807) is 11.8 Å². The minimum atomic E-state index is -0.663. The van der Waals surface area contributed by atoms with Crippen molar-refractivity contribution in [3.8, 4) is 0 Å². The van der Waals surface area contributed by atoms with Crippen LogP contribution in [0.15, 0.2) is 79.8 Å². The number of rotatable bonds is 3. The molecule has 0 radical (unpaired) electrons. The minimum absolute atomic E-state index is 0.200. The molecule has 0 saturated heterocycles. The maximum atomic E-state index is 13.6. The average Bonchev–Trinajstić information content (AvgIpc) is 3.10. The number of benzene rings is 2. The van der Waals surface area contributed by atoms with Crippen LogP contribution in [0.4, 0.5) is 5.69 Å². The first-order valence-corrected chi connectivity index (χ1v) is 9.75. The molecule has 0 fully saturated rings. The Bertz CT molecular complexity index is 908. The third kappa shape index (κ3) is 2.83. The van der Waals surface area contributed by atoms with Gasteiger partial charge in [0.1, 0.15) is 10.7 Å². The van der Waals surface area contributed by atoms with Gasteiger partial charge in [-0.15, -0.1) is 11.8 Å². The molecule has 0 bridgehead atoms. The second-order valence-electron chi connectivity index (χ2n) is 5.67. The first-order valence-electron chi connectivity index (χ1n) is 7.73. The van der Waals surface area contributed by atoms with Gasteiger partial charge in [0, 0.05) is 10.0 Å². The summed E-state index contributed by atoms with van der Waals surface area (Å²) in [5.41, 5.74) is 2.16. The fourth-order valence-corrected chi connectivity index (χ4v) is 3.66. The van der Waals surface area contributed by atoms with Gasteiger partial charge in [-0.2, -0.15) is 4.99 Å². The van der Waals surface area contributed by atoms with Crippen molar-refractivity contribution in [3.05, 3.63) is 80.6 Å². The summed E-state index contributed by atoms with van der Waals surface area (Å²) in [5, 5.41) is 17.7. The Kier molecular flexibility index (Phi) is 4.24. The van der Waals surface area contributed by atoms with Crippen LogP contribution in [0.3, 0.4) is 0 Å². The van der Waals surface area contributed by atoms with Gasteiger partial charge in [-0.3, -0.25) is 4.65 Å². The van der Waals surface area contributed by atoms with Gasteiger partial charge in [-0.1, -0.05) is 46.3 Å². The molecule has 0 spiro atoms. The first kappa shape index (κ1) is 16.5. The lowest BCUT2D eigenvalue weighted by molar-refractivity contribution is 0.496. The van der Waals surface area contributed by atoms with Crippen LogP contribution in [0, 0.1) is 5.21 Å². The molecule has 5 nitrogen and oxygen atoms in total. The van der Waals surface area contributed by atoms with Gasteiger partial charge in [-0.25, -0.2) is 4.99 Å². The molecule has 2 aliphatic rings. The first-order chi connectivity index (χ1) is 12.1. The molecule has 2 aromatic rings. The van der Waals surface area contributed by atoms with E-state index in [1.807, 2.05) is 60.9 Å². The number of nitrogens with one attached hydrogen (secondary N) is 1. The summed E-state index contributed by atoms with van der Waals surface area (Å²) in [6.07, 6.45) is 1.97. The van der Waals surface area contributed by atoms with Gasteiger partial charge >= 0.3 is 0 Å². The fourth-order valence-electron chi connectivity index (χ4n) is 2.86. The van der Waals surface area contributed by atoms with E-state index in [2.05, 4.69) is 31.2 Å².